The lowest BCUT2D eigenvalue weighted by molar-refractivity contribution is 0.0144. The second-order valence-electron chi connectivity index (χ2n) is 4.26. The lowest BCUT2D eigenvalue weighted by Crippen LogP contribution is -2.23. The van der Waals surface area contributed by atoms with E-state index in [1.807, 2.05) is 6.92 Å². The summed E-state index contributed by atoms with van der Waals surface area (Å²) in [5.41, 5.74) is 0.741. The van der Waals surface area contributed by atoms with Crippen LogP contribution >= 0.6 is 0 Å². The monoisotopic (exact) mass is 291 g/mol. The van der Waals surface area contributed by atoms with Crippen LogP contribution in [-0.2, 0) is 4.74 Å². The Morgan fingerprint density at radius 1 is 1.30 bits per heavy atom. The van der Waals surface area contributed by atoms with Crippen LogP contribution in [0.5, 0.6) is 5.75 Å². The van der Waals surface area contributed by atoms with Crippen LogP contribution < -0.4 is 10.1 Å². The summed E-state index contributed by atoms with van der Waals surface area (Å²) < 4.78 is 47.3. The van der Waals surface area contributed by atoms with Gasteiger partial charge in [-0.15, -0.1) is 0 Å². The summed E-state index contributed by atoms with van der Waals surface area (Å²) in [4.78, 5) is 0. The first kappa shape index (κ1) is 16.8. The molecule has 0 fully saturated rings. The van der Waals surface area contributed by atoms with Gasteiger partial charge in [0.1, 0.15) is 6.61 Å². The molecule has 0 amide bonds. The van der Waals surface area contributed by atoms with Gasteiger partial charge in [0.15, 0.2) is 11.6 Å². The molecule has 0 aromatic heterocycles. The molecule has 1 rings (SSSR count). The molecule has 1 N–H and O–H groups in total. The van der Waals surface area contributed by atoms with Crippen LogP contribution in [0.15, 0.2) is 18.2 Å². The molecule has 0 saturated carbocycles. The summed E-state index contributed by atoms with van der Waals surface area (Å²) in [6, 6.07) is 4.55. The number of halogens is 3. The largest absolute Gasteiger partial charge is 0.494 e. The van der Waals surface area contributed by atoms with Gasteiger partial charge in [0.05, 0.1) is 7.11 Å². The number of hydrogen-bond acceptors (Lipinski definition) is 3. The average Bonchev–Trinajstić information content (AvgIpc) is 2.42. The minimum Gasteiger partial charge on any atom is -0.494 e. The maximum atomic E-state index is 13.7. The van der Waals surface area contributed by atoms with Gasteiger partial charge in [-0.25, -0.2) is 13.2 Å². The number of hydrogen-bond donors (Lipinski definition) is 1. The highest BCUT2D eigenvalue weighted by Gasteiger charge is 2.13. The molecule has 1 aromatic carbocycles. The third-order valence-corrected chi connectivity index (χ3v) is 2.82. The predicted molar refractivity (Wildman–Crippen MR) is 70.8 cm³/mol. The zero-order valence-electron chi connectivity index (χ0n) is 11.7. The van der Waals surface area contributed by atoms with Crippen molar-refractivity contribution in [3.05, 3.63) is 29.6 Å². The van der Waals surface area contributed by atoms with Crippen molar-refractivity contribution in [1.82, 2.24) is 5.32 Å². The van der Waals surface area contributed by atoms with Crippen LogP contribution in [0, 0.1) is 5.82 Å². The Kier molecular flexibility index (Phi) is 7.40. The fraction of sp³-hybridized carbons (Fsp3) is 0.571. The topological polar surface area (TPSA) is 30.5 Å². The summed E-state index contributed by atoms with van der Waals surface area (Å²) in [7, 11) is 1.40. The highest BCUT2D eigenvalue weighted by atomic mass is 19.3. The minimum absolute atomic E-state index is 0.141. The van der Waals surface area contributed by atoms with E-state index in [2.05, 4.69) is 5.32 Å². The van der Waals surface area contributed by atoms with Gasteiger partial charge in [-0.3, -0.25) is 0 Å². The maximum absolute atomic E-state index is 13.7. The van der Waals surface area contributed by atoms with E-state index in [9.17, 15) is 13.2 Å². The number of rotatable bonds is 9. The van der Waals surface area contributed by atoms with E-state index in [-0.39, 0.29) is 18.4 Å². The first-order valence-corrected chi connectivity index (χ1v) is 6.51. The molecule has 1 aromatic rings. The van der Waals surface area contributed by atoms with Crippen LogP contribution in [0.4, 0.5) is 13.2 Å². The Hall–Kier alpha value is -1.27. The molecule has 0 bridgehead atoms. The number of ether oxygens (including phenoxy) is 2. The molecule has 20 heavy (non-hydrogen) atoms. The highest BCUT2D eigenvalue weighted by Crippen LogP contribution is 2.23. The van der Waals surface area contributed by atoms with Crippen molar-refractivity contribution < 1.29 is 22.6 Å². The number of nitrogens with one attached hydrogen (secondary N) is 1. The molecule has 0 aliphatic heterocycles. The number of benzene rings is 1. The van der Waals surface area contributed by atoms with Gasteiger partial charge in [0.25, 0.3) is 6.43 Å². The van der Waals surface area contributed by atoms with Gasteiger partial charge in [-0.2, -0.15) is 0 Å². The summed E-state index contributed by atoms with van der Waals surface area (Å²) >= 11 is 0. The third kappa shape index (κ3) is 5.38. The minimum atomic E-state index is -2.47. The van der Waals surface area contributed by atoms with Crippen molar-refractivity contribution in [2.24, 2.45) is 0 Å². The SMILES string of the molecule is CCNC(CCOCC(F)F)c1ccc(OC)c(F)c1. The first-order chi connectivity index (χ1) is 9.58. The Balaban J connectivity index is 2.62. The van der Waals surface area contributed by atoms with Crippen molar-refractivity contribution in [2.45, 2.75) is 25.8 Å². The summed E-state index contributed by atoms with van der Waals surface area (Å²) in [6.45, 7) is 2.23. The lowest BCUT2D eigenvalue weighted by atomic mass is 10.0. The van der Waals surface area contributed by atoms with Gasteiger partial charge < -0.3 is 14.8 Å². The van der Waals surface area contributed by atoms with Gasteiger partial charge in [0.2, 0.25) is 0 Å². The molecular formula is C14H20F3NO2. The van der Waals surface area contributed by atoms with Crippen molar-refractivity contribution >= 4 is 0 Å². The highest BCUT2D eigenvalue weighted by molar-refractivity contribution is 5.31. The van der Waals surface area contributed by atoms with E-state index < -0.39 is 18.8 Å². The normalized spacial score (nSPS) is 12.7. The van der Waals surface area contributed by atoms with E-state index in [0.717, 1.165) is 5.56 Å². The molecular weight excluding hydrogens is 271 g/mol. The molecule has 0 aliphatic rings. The van der Waals surface area contributed by atoms with Gasteiger partial charge in [-0.05, 0) is 30.7 Å². The molecule has 1 unspecified atom stereocenters. The van der Waals surface area contributed by atoms with E-state index in [1.54, 1.807) is 12.1 Å². The van der Waals surface area contributed by atoms with Gasteiger partial charge >= 0.3 is 0 Å². The van der Waals surface area contributed by atoms with Crippen LogP contribution in [0.1, 0.15) is 24.9 Å². The molecule has 0 radical (unpaired) electrons. The maximum Gasteiger partial charge on any atom is 0.261 e. The van der Waals surface area contributed by atoms with Crippen molar-refractivity contribution in [2.75, 3.05) is 26.9 Å². The number of alkyl halides is 2. The third-order valence-electron chi connectivity index (χ3n) is 2.82. The Labute approximate surface area is 117 Å². The zero-order valence-corrected chi connectivity index (χ0v) is 11.7. The molecule has 0 spiro atoms. The Bertz CT molecular complexity index is 402. The van der Waals surface area contributed by atoms with Crippen LogP contribution in [0.2, 0.25) is 0 Å². The smallest absolute Gasteiger partial charge is 0.261 e. The molecule has 0 aliphatic carbocycles. The first-order valence-electron chi connectivity index (χ1n) is 6.51. The van der Waals surface area contributed by atoms with Crippen molar-refractivity contribution in [3.63, 3.8) is 0 Å². The lowest BCUT2D eigenvalue weighted by Gasteiger charge is -2.19. The average molecular weight is 291 g/mol. The fourth-order valence-corrected chi connectivity index (χ4v) is 1.91. The number of methoxy groups -OCH3 is 1. The van der Waals surface area contributed by atoms with Crippen LogP contribution in [0.25, 0.3) is 0 Å². The Morgan fingerprint density at radius 3 is 2.60 bits per heavy atom. The quantitative estimate of drug-likeness (QED) is 0.709. The molecule has 114 valence electrons. The van der Waals surface area contributed by atoms with E-state index in [0.29, 0.717) is 13.0 Å². The molecule has 0 saturated heterocycles. The van der Waals surface area contributed by atoms with Crippen molar-refractivity contribution in [1.29, 1.82) is 0 Å². The van der Waals surface area contributed by atoms with E-state index in [4.69, 9.17) is 9.47 Å². The van der Waals surface area contributed by atoms with E-state index in [1.165, 1.54) is 13.2 Å². The van der Waals surface area contributed by atoms with Crippen LogP contribution in [-0.4, -0.2) is 33.3 Å². The summed E-state index contributed by atoms with van der Waals surface area (Å²) in [6.07, 6.45) is -1.97. The molecule has 3 nitrogen and oxygen atoms in total. The Morgan fingerprint density at radius 2 is 2.05 bits per heavy atom. The second kappa shape index (κ2) is 8.81. The van der Waals surface area contributed by atoms with Crippen LogP contribution in [0.3, 0.4) is 0 Å². The molecule has 1 atom stereocenters. The molecule has 0 heterocycles. The summed E-state index contributed by atoms with van der Waals surface area (Å²) in [5, 5.41) is 3.18. The van der Waals surface area contributed by atoms with E-state index >= 15 is 0 Å². The van der Waals surface area contributed by atoms with Gasteiger partial charge in [0, 0.05) is 12.6 Å². The molecule has 6 heteroatoms. The van der Waals surface area contributed by atoms with Crippen molar-refractivity contribution in [3.8, 4) is 5.75 Å². The summed E-state index contributed by atoms with van der Waals surface area (Å²) in [5.74, 6) is -0.264. The second-order valence-corrected chi connectivity index (χ2v) is 4.26. The fourth-order valence-electron chi connectivity index (χ4n) is 1.91. The standard InChI is InChI=1S/C14H20F3NO2/c1-3-18-12(6-7-20-9-14(16)17)10-4-5-13(19-2)11(15)8-10/h4-5,8,12,14,18H,3,6-7,9H2,1-2H3. The van der Waals surface area contributed by atoms with Gasteiger partial charge in [-0.1, -0.05) is 13.0 Å². The predicted octanol–water partition coefficient (Wildman–Crippen LogP) is 3.16. The zero-order chi connectivity index (χ0) is 15.0.